The van der Waals surface area contributed by atoms with Gasteiger partial charge in [-0.2, -0.15) is 5.10 Å². The van der Waals surface area contributed by atoms with E-state index in [0.717, 1.165) is 25.9 Å². The molecule has 2 fully saturated rings. The molecule has 0 bridgehead atoms. The molecule has 0 spiro atoms. The molecular weight excluding hydrogens is 328 g/mol. The Morgan fingerprint density at radius 2 is 1.96 bits per heavy atom. The molecule has 0 saturated carbocycles. The number of likely N-dealkylation sites (tertiary alicyclic amines) is 1. The molecule has 134 valence electrons. The number of sulfone groups is 1. The largest absolute Gasteiger partial charge is 0.343 e. The minimum atomic E-state index is -3.01. The van der Waals surface area contributed by atoms with Crippen LogP contribution in [0.4, 0.5) is 0 Å². The lowest BCUT2D eigenvalue weighted by Crippen LogP contribution is -2.49. The summed E-state index contributed by atoms with van der Waals surface area (Å²) >= 11 is 0. The summed E-state index contributed by atoms with van der Waals surface area (Å²) in [5.41, 5.74) is 1.22. The highest BCUT2D eigenvalue weighted by Crippen LogP contribution is 2.28. The van der Waals surface area contributed by atoms with Crippen LogP contribution in [0.15, 0.2) is 12.3 Å². The molecule has 2 aliphatic heterocycles. The van der Waals surface area contributed by atoms with Crippen LogP contribution in [0, 0.1) is 0 Å². The topological polar surface area (TPSA) is 75.5 Å². The summed E-state index contributed by atoms with van der Waals surface area (Å²) in [6.07, 6.45) is 3.98. The van der Waals surface area contributed by atoms with Gasteiger partial charge in [-0.1, -0.05) is 0 Å². The van der Waals surface area contributed by atoms with Crippen molar-refractivity contribution in [3.8, 4) is 0 Å². The molecule has 0 N–H and O–H groups in total. The standard InChI is InChI=1S/C16H26N4O3S/c1-18-9-10-24(22,23)12-14(18)11-16(21)20-7-4-13(5-8-20)15-3-6-17-19(15)2/h3,6,13-14H,4-5,7-12H2,1-2H3. The first-order valence-corrected chi connectivity index (χ1v) is 10.3. The number of carbonyl (C=O) groups excluding carboxylic acids is 1. The Kier molecular flexibility index (Phi) is 4.96. The van der Waals surface area contributed by atoms with Gasteiger partial charge in [0.05, 0.1) is 11.5 Å². The lowest BCUT2D eigenvalue weighted by Gasteiger charge is -2.36. The Hall–Kier alpha value is -1.41. The fraction of sp³-hybridized carbons (Fsp3) is 0.750. The molecule has 0 aliphatic carbocycles. The van der Waals surface area contributed by atoms with E-state index >= 15 is 0 Å². The molecule has 1 atom stereocenters. The van der Waals surface area contributed by atoms with E-state index in [9.17, 15) is 13.2 Å². The number of aromatic nitrogens is 2. The van der Waals surface area contributed by atoms with Gasteiger partial charge in [-0.3, -0.25) is 9.48 Å². The number of aryl methyl sites for hydroxylation is 1. The Bertz CT molecular complexity index is 692. The zero-order valence-corrected chi connectivity index (χ0v) is 15.2. The van der Waals surface area contributed by atoms with Crippen LogP contribution < -0.4 is 0 Å². The Morgan fingerprint density at radius 3 is 2.58 bits per heavy atom. The van der Waals surface area contributed by atoms with Crippen molar-refractivity contribution in [2.45, 2.75) is 31.2 Å². The van der Waals surface area contributed by atoms with Crippen LogP contribution in [-0.4, -0.2) is 78.1 Å². The van der Waals surface area contributed by atoms with Crippen molar-refractivity contribution >= 4 is 15.7 Å². The number of nitrogens with zero attached hydrogens (tertiary/aromatic N) is 4. The van der Waals surface area contributed by atoms with E-state index in [-0.39, 0.29) is 23.5 Å². The zero-order valence-electron chi connectivity index (χ0n) is 14.4. The lowest BCUT2D eigenvalue weighted by atomic mass is 9.93. The number of carbonyl (C=O) groups is 1. The van der Waals surface area contributed by atoms with E-state index in [0.29, 0.717) is 18.9 Å². The molecule has 2 aliphatic rings. The highest BCUT2D eigenvalue weighted by Gasteiger charge is 2.32. The molecule has 0 radical (unpaired) electrons. The van der Waals surface area contributed by atoms with Gasteiger partial charge in [0.2, 0.25) is 5.91 Å². The van der Waals surface area contributed by atoms with Crippen LogP contribution in [0.2, 0.25) is 0 Å². The minimum absolute atomic E-state index is 0.0763. The summed E-state index contributed by atoms with van der Waals surface area (Å²) in [5.74, 6) is 0.817. The predicted octanol–water partition coefficient (Wildman–Crippen LogP) is 0.245. The van der Waals surface area contributed by atoms with Gasteiger partial charge in [-0.25, -0.2) is 8.42 Å². The normalized spacial score (nSPS) is 25.8. The first kappa shape index (κ1) is 17.4. The third-order valence-corrected chi connectivity index (χ3v) is 7.06. The molecule has 3 rings (SSSR count). The fourth-order valence-corrected chi connectivity index (χ4v) is 5.42. The average molecular weight is 354 g/mol. The van der Waals surface area contributed by atoms with Crippen molar-refractivity contribution in [2.75, 3.05) is 38.2 Å². The van der Waals surface area contributed by atoms with Crippen molar-refractivity contribution in [1.29, 1.82) is 0 Å². The second-order valence-electron chi connectivity index (χ2n) is 6.99. The van der Waals surface area contributed by atoms with Crippen molar-refractivity contribution < 1.29 is 13.2 Å². The first-order valence-electron chi connectivity index (χ1n) is 8.52. The third-order valence-electron chi connectivity index (χ3n) is 5.36. The Morgan fingerprint density at radius 1 is 1.25 bits per heavy atom. The molecule has 3 heterocycles. The number of piperidine rings is 1. The molecule has 1 amide bonds. The lowest BCUT2D eigenvalue weighted by molar-refractivity contribution is -0.133. The van der Waals surface area contributed by atoms with Gasteiger partial charge in [0.25, 0.3) is 0 Å². The van der Waals surface area contributed by atoms with Crippen molar-refractivity contribution in [2.24, 2.45) is 7.05 Å². The Labute approximate surface area is 143 Å². The van der Waals surface area contributed by atoms with Crippen LogP contribution in [0.25, 0.3) is 0 Å². The van der Waals surface area contributed by atoms with Crippen LogP contribution in [0.1, 0.15) is 30.9 Å². The van der Waals surface area contributed by atoms with Crippen LogP contribution in [0.5, 0.6) is 0 Å². The van der Waals surface area contributed by atoms with Gasteiger partial charge in [0, 0.05) is 57.0 Å². The van der Waals surface area contributed by atoms with E-state index in [1.807, 2.05) is 40.8 Å². The van der Waals surface area contributed by atoms with Crippen molar-refractivity contribution in [3.63, 3.8) is 0 Å². The van der Waals surface area contributed by atoms with Gasteiger partial charge in [-0.15, -0.1) is 0 Å². The van der Waals surface area contributed by atoms with Crippen molar-refractivity contribution in [1.82, 2.24) is 19.6 Å². The summed E-state index contributed by atoms with van der Waals surface area (Å²) in [6, 6.07) is 1.86. The molecule has 1 aromatic heterocycles. The van der Waals surface area contributed by atoms with E-state index in [4.69, 9.17) is 0 Å². The maximum atomic E-state index is 12.6. The van der Waals surface area contributed by atoms with E-state index in [1.54, 1.807) is 0 Å². The van der Waals surface area contributed by atoms with Gasteiger partial charge in [0.15, 0.2) is 9.84 Å². The molecule has 8 heteroatoms. The second-order valence-corrected chi connectivity index (χ2v) is 9.22. The molecule has 24 heavy (non-hydrogen) atoms. The summed E-state index contributed by atoms with van der Waals surface area (Å²) in [6.45, 7) is 1.98. The molecule has 1 aromatic rings. The fourth-order valence-electron chi connectivity index (χ4n) is 3.72. The Balaban J connectivity index is 1.54. The summed E-state index contributed by atoms with van der Waals surface area (Å²) in [4.78, 5) is 16.5. The molecule has 0 aromatic carbocycles. The van der Waals surface area contributed by atoms with Gasteiger partial charge in [0.1, 0.15) is 0 Å². The number of hydrogen-bond acceptors (Lipinski definition) is 5. The monoisotopic (exact) mass is 354 g/mol. The minimum Gasteiger partial charge on any atom is -0.343 e. The average Bonchev–Trinajstić information content (AvgIpc) is 2.97. The first-order chi connectivity index (χ1) is 11.4. The summed E-state index contributed by atoms with van der Waals surface area (Å²) in [7, 11) is 0.848. The van der Waals surface area contributed by atoms with E-state index < -0.39 is 9.84 Å². The number of rotatable bonds is 3. The maximum Gasteiger partial charge on any atom is 0.224 e. The van der Waals surface area contributed by atoms with E-state index in [1.165, 1.54) is 5.69 Å². The van der Waals surface area contributed by atoms with E-state index in [2.05, 4.69) is 5.10 Å². The number of amides is 1. The third kappa shape index (κ3) is 3.80. The van der Waals surface area contributed by atoms with Crippen LogP contribution in [0.3, 0.4) is 0 Å². The highest BCUT2D eigenvalue weighted by molar-refractivity contribution is 7.91. The second kappa shape index (κ2) is 6.84. The smallest absolute Gasteiger partial charge is 0.224 e. The number of hydrogen-bond donors (Lipinski definition) is 0. The van der Waals surface area contributed by atoms with Gasteiger partial charge < -0.3 is 9.80 Å². The maximum absolute atomic E-state index is 12.6. The molecule has 7 nitrogen and oxygen atoms in total. The SMILES string of the molecule is CN1CCS(=O)(=O)CC1CC(=O)N1CCC(c2ccnn2C)CC1. The highest BCUT2D eigenvalue weighted by atomic mass is 32.2. The predicted molar refractivity (Wildman–Crippen MR) is 91.5 cm³/mol. The molecule has 1 unspecified atom stereocenters. The zero-order chi connectivity index (χ0) is 17.3. The summed E-state index contributed by atoms with van der Waals surface area (Å²) < 4.78 is 25.5. The van der Waals surface area contributed by atoms with Crippen LogP contribution in [-0.2, 0) is 21.7 Å². The quantitative estimate of drug-likeness (QED) is 0.778. The van der Waals surface area contributed by atoms with Crippen molar-refractivity contribution in [3.05, 3.63) is 18.0 Å². The van der Waals surface area contributed by atoms with Crippen LogP contribution >= 0.6 is 0 Å². The molecular formula is C16H26N4O3S. The molecule has 2 saturated heterocycles. The van der Waals surface area contributed by atoms with Gasteiger partial charge in [-0.05, 0) is 26.0 Å². The van der Waals surface area contributed by atoms with Gasteiger partial charge >= 0.3 is 0 Å². The summed E-state index contributed by atoms with van der Waals surface area (Å²) in [5, 5.41) is 4.22.